The molecule has 102 valence electrons. The first-order chi connectivity index (χ1) is 9.16. The molecule has 1 aromatic rings. The molecular formula is C15H19NO3. The lowest BCUT2D eigenvalue weighted by Crippen LogP contribution is -2.47. The Bertz CT molecular complexity index is 462. The number of carboxylic acid groups (broad SMARTS) is 1. The van der Waals surface area contributed by atoms with Gasteiger partial charge in [0.2, 0.25) is 0 Å². The summed E-state index contributed by atoms with van der Waals surface area (Å²) in [6.07, 6.45) is 1.70. The van der Waals surface area contributed by atoms with Gasteiger partial charge in [0.05, 0.1) is 12.0 Å². The van der Waals surface area contributed by atoms with Crippen molar-refractivity contribution in [1.82, 2.24) is 4.90 Å². The average molecular weight is 261 g/mol. The van der Waals surface area contributed by atoms with Gasteiger partial charge in [0.1, 0.15) is 0 Å². The molecule has 2 fully saturated rings. The summed E-state index contributed by atoms with van der Waals surface area (Å²) >= 11 is 0. The number of aliphatic carboxylic acids is 1. The molecule has 0 aliphatic carbocycles. The molecule has 19 heavy (non-hydrogen) atoms. The second-order valence-corrected chi connectivity index (χ2v) is 5.62. The van der Waals surface area contributed by atoms with Crippen LogP contribution in [0.4, 0.5) is 0 Å². The Kier molecular flexibility index (Phi) is 3.29. The summed E-state index contributed by atoms with van der Waals surface area (Å²) < 4.78 is 0. The van der Waals surface area contributed by atoms with Crippen molar-refractivity contribution in [3.8, 4) is 0 Å². The molecule has 0 amide bonds. The smallest absolute Gasteiger partial charge is 0.308 e. The Morgan fingerprint density at radius 3 is 2.63 bits per heavy atom. The van der Waals surface area contributed by atoms with Gasteiger partial charge in [-0.1, -0.05) is 30.3 Å². The van der Waals surface area contributed by atoms with Gasteiger partial charge >= 0.3 is 5.97 Å². The molecule has 4 nitrogen and oxygen atoms in total. The predicted molar refractivity (Wildman–Crippen MR) is 70.5 cm³/mol. The van der Waals surface area contributed by atoms with E-state index in [1.54, 1.807) is 0 Å². The van der Waals surface area contributed by atoms with Crippen LogP contribution in [0.2, 0.25) is 0 Å². The van der Waals surface area contributed by atoms with Crippen LogP contribution in [0, 0.1) is 5.92 Å². The standard InChI is InChI=1S/C15H19NO3/c17-14-7-6-12-11(15(18)19)8-13(14)16(12)9-10-4-2-1-3-5-10/h1-5,11-14,17H,6-9H2,(H,18,19)/t11-,12+,13+,14-/m0/s1. The van der Waals surface area contributed by atoms with Crippen molar-refractivity contribution in [3.63, 3.8) is 0 Å². The molecule has 0 saturated carbocycles. The zero-order chi connectivity index (χ0) is 13.4. The first-order valence-corrected chi connectivity index (χ1v) is 6.87. The largest absolute Gasteiger partial charge is 0.481 e. The van der Waals surface area contributed by atoms with Gasteiger partial charge < -0.3 is 10.2 Å². The van der Waals surface area contributed by atoms with E-state index in [0.717, 1.165) is 19.4 Å². The van der Waals surface area contributed by atoms with E-state index in [1.807, 2.05) is 18.2 Å². The maximum Gasteiger partial charge on any atom is 0.308 e. The summed E-state index contributed by atoms with van der Waals surface area (Å²) in [5.41, 5.74) is 1.18. The number of hydrogen-bond acceptors (Lipinski definition) is 3. The lowest BCUT2D eigenvalue weighted by atomic mass is 9.96. The van der Waals surface area contributed by atoms with Gasteiger partial charge in [-0.25, -0.2) is 0 Å². The van der Waals surface area contributed by atoms with E-state index in [9.17, 15) is 15.0 Å². The quantitative estimate of drug-likeness (QED) is 0.865. The molecule has 0 aromatic heterocycles. The fraction of sp³-hybridized carbons (Fsp3) is 0.533. The minimum Gasteiger partial charge on any atom is -0.481 e. The molecular weight excluding hydrogens is 242 g/mol. The van der Waals surface area contributed by atoms with Crippen LogP contribution in [-0.4, -0.2) is 39.3 Å². The highest BCUT2D eigenvalue weighted by Crippen LogP contribution is 2.40. The van der Waals surface area contributed by atoms with Gasteiger partial charge in [-0.3, -0.25) is 9.69 Å². The Hall–Kier alpha value is -1.39. The van der Waals surface area contributed by atoms with Crippen molar-refractivity contribution in [2.75, 3.05) is 0 Å². The molecule has 1 aromatic carbocycles. The van der Waals surface area contributed by atoms with Crippen LogP contribution in [0.5, 0.6) is 0 Å². The highest BCUT2D eigenvalue weighted by atomic mass is 16.4. The molecule has 2 heterocycles. The lowest BCUT2D eigenvalue weighted by Gasteiger charge is -2.38. The summed E-state index contributed by atoms with van der Waals surface area (Å²) in [4.78, 5) is 13.5. The Morgan fingerprint density at radius 1 is 1.21 bits per heavy atom. The number of nitrogens with zero attached hydrogens (tertiary/aromatic N) is 1. The molecule has 4 atom stereocenters. The fourth-order valence-electron chi connectivity index (χ4n) is 3.60. The monoisotopic (exact) mass is 261 g/mol. The Balaban J connectivity index is 1.82. The second kappa shape index (κ2) is 4.94. The molecule has 2 saturated heterocycles. The van der Waals surface area contributed by atoms with Crippen LogP contribution in [0.15, 0.2) is 30.3 Å². The van der Waals surface area contributed by atoms with E-state index in [0.29, 0.717) is 6.42 Å². The van der Waals surface area contributed by atoms with E-state index in [-0.39, 0.29) is 24.1 Å². The minimum absolute atomic E-state index is 0.0000520. The zero-order valence-electron chi connectivity index (χ0n) is 10.8. The van der Waals surface area contributed by atoms with Crippen LogP contribution >= 0.6 is 0 Å². The molecule has 3 rings (SSSR count). The number of fused-ring (bicyclic) bond motifs is 2. The topological polar surface area (TPSA) is 60.8 Å². The van der Waals surface area contributed by atoms with Gasteiger partial charge in [-0.2, -0.15) is 0 Å². The van der Waals surface area contributed by atoms with E-state index >= 15 is 0 Å². The summed E-state index contributed by atoms with van der Waals surface area (Å²) in [7, 11) is 0. The van der Waals surface area contributed by atoms with Crippen molar-refractivity contribution in [3.05, 3.63) is 35.9 Å². The third-order valence-corrected chi connectivity index (χ3v) is 4.54. The molecule has 2 aliphatic rings. The van der Waals surface area contributed by atoms with E-state index in [1.165, 1.54) is 5.56 Å². The maximum atomic E-state index is 11.3. The first-order valence-electron chi connectivity index (χ1n) is 6.87. The minimum atomic E-state index is -0.723. The number of aliphatic hydroxyl groups is 1. The number of piperidine rings is 1. The van der Waals surface area contributed by atoms with E-state index < -0.39 is 5.97 Å². The van der Waals surface area contributed by atoms with Crippen molar-refractivity contribution in [2.24, 2.45) is 5.92 Å². The molecule has 0 unspecified atom stereocenters. The number of benzene rings is 1. The van der Waals surface area contributed by atoms with Gasteiger partial charge in [-0.15, -0.1) is 0 Å². The van der Waals surface area contributed by atoms with Crippen LogP contribution < -0.4 is 0 Å². The molecule has 2 N–H and O–H groups in total. The van der Waals surface area contributed by atoms with Crippen LogP contribution in [-0.2, 0) is 11.3 Å². The van der Waals surface area contributed by atoms with Crippen molar-refractivity contribution in [2.45, 2.75) is 44.0 Å². The highest BCUT2D eigenvalue weighted by Gasteiger charge is 2.49. The highest BCUT2D eigenvalue weighted by molar-refractivity contribution is 5.71. The second-order valence-electron chi connectivity index (χ2n) is 5.62. The molecule has 0 spiro atoms. The van der Waals surface area contributed by atoms with Crippen molar-refractivity contribution >= 4 is 5.97 Å². The summed E-state index contributed by atoms with van der Waals surface area (Å²) in [6, 6.07) is 10.1. The van der Waals surface area contributed by atoms with Gasteiger partial charge in [0, 0.05) is 18.6 Å². The number of aliphatic hydroxyl groups excluding tert-OH is 1. The third kappa shape index (κ3) is 2.26. The average Bonchev–Trinajstić information content (AvgIpc) is 2.66. The van der Waals surface area contributed by atoms with Crippen molar-refractivity contribution < 1.29 is 15.0 Å². The van der Waals surface area contributed by atoms with Crippen LogP contribution in [0.1, 0.15) is 24.8 Å². The first kappa shape index (κ1) is 12.6. The Morgan fingerprint density at radius 2 is 1.95 bits per heavy atom. The van der Waals surface area contributed by atoms with Crippen LogP contribution in [0.3, 0.4) is 0 Å². The lowest BCUT2D eigenvalue weighted by molar-refractivity contribution is -0.142. The van der Waals surface area contributed by atoms with Gasteiger partial charge in [0.15, 0.2) is 0 Å². The van der Waals surface area contributed by atoms with Gasteiger partial charge in [0.25, 0.3) is 0 Å². The van der Waals surface area contributed by atoms with E-state index in [4.69, 9.17) is 0 Å². The SMILES string of the molecule is O=C(O)[C@H]1C[C@@H]2[C@@H](O)CC[C@H]1N2Cc1ccccc1. The molecule has 0 radical (unpaired) electrons. The number of hydrogen-bond donors (Lipinski definition) is 2. The fourth-order valence-corrected chi connectivity index (χ4v) is 3.60. The van der Waals surface area contributed by atoms with Crippen molar-refractivity contribution in [1.29, 1.82) is 0 Å². The van der Waals surface area contributed by atoms with Gasteiger partial charge in [-0.05, 0) is 24.8 Å². The molecule has 4 heteroatoms. The number of carbonyl (C=O) groups is 1. The summed E-state index contributed by atoms with van der Waals surface area (Å²) in [6.45, 7) is 0.733. The summed E-state index contributed by atoms with van der Waals surface area (Å²) in [5, 5.41) is 19.4. The van der Waals surface area contributed by atoms with Crippen LogP contribution in [0.25, 0.3) is 0 Å². The number of carboxylic acids is 1. The Labute approximate surface area is 112 Å². The molecule has 2 bridgehead atoms. The summed E-state index contributed by atoms with van der Waals surface area (Å²) in [5.74, 6) is -1.05. The number of rotatable bonds is 3. The maximum absolute atomic E-state index is 11.3. The zero-order valence-corrected chi connectivity index (χ0v) is 10.8. The molecule has 2 aliphatic heterocycles. The van der Waals surface area contributed by atoms with E-state index in [2.05, 4.69) is 17.0 Å². The third-order valence-electron chi connectivity index (χ3n) is 4.54. The predicted octanol–water partition coefficient (Wildman–Crippen LogP) is 1.48. The normalized spacial score (nSPS) is 34.4.